The van der Waals surface area contributed by atoms with Gasteiger partial charge in [-0.15, -0.1) is 0 Å². The molecule has 2 heterocycles. The molecule has 19 heavy (non-hydrogen) atoms. The number of ether oxygens (including phenoxy) is 1. The van der Waals surface area contributed by atoms with Gasteiger partial charge in [-0.2, -0.15) is 0 Å². The molecule has 0 aromatic carbocycles. The Hall–Kier alpha value is -1.26. The molecule has 1 amide bonds. The number of primary sulfonamides is 1. The summed E-state index contributed by atoms with van der Waals surface area (Å²) in [6.45, 7) is -0.0513. The zero-order chi connectivity index (χ0) is 14.2. The number of carbonyl (C=O) groups is 1. The van der Waals surface area contributed by atoms with Gasteiger partial charge in [-0.25, -0.2) is 23.5 Å². The van der Waals surface area contributed by atoms with E-state index in [9.17, 15) is 13.2 Å². The molecule has 1 aromatic heterocycles. The van der Waals surface area contributed by atoms with Gasteiger partial charge in [-0.05, 0) is 15.9 Å². The Bertz CT molecular complexity index is 621. The Balaban J connectivity index is 2.36. The highest BCUT2D eigenvalue weighted by atomic mass is 79.9. The highest BCUT2D eigenvalue weighted by Gasteiger charge is 2.39. The van der Waals surface area contributed by atoms with E-state index in [4.69, 9.17) is 9.88 Å². The predicted octanol–water partition coefficient (Wildman–Crippen LogP) is -0.359. The molecule has 0 radical (unpaired) electrons. The third-order valence-corrected chi connectivity index (χ3v) is 4.32. The Labute approximate surface area is 118 Å². The van der Waals surface area contributed by atoms with E-state index in [-0.39, 0.29) is 30.6 Å². The van der Waals surface area contributed by atoms with Crippen LogP contribution in [-0.2, 0) is 14.8 Å². The van der Waals surface area contributed by atoms with Crippen molar-refractivity contribution in [3.05, 3.63) is 10.8 Å². The Morgan fingerprint density at radius 2 is 2.26 bits per heavy atom. The Morgan fingerprint density at radius 3 is 2.79 bits per heavy atom. The van der Waals surface area contributed by atoms with Gasteiger partial charge in [0.15, 0.2) is 5.82 Å². The first kappa shape index (κ1) is 14.2. The van der Waals surface area contributed by atoms with Crippen LogP contribution in [0.3, 0.4) is 0 Å². The standard InChI is InChI=1S/C9H11BrN4O4S/c1-18-9-8(12-3-6(10)13-9)14-4-5(2-7(14)15)19(11,16)17/h3,5H,2,4H2,1H3,(H2,11,16,17). The lowest BCUT2D eigenvalue weighted by Crippen LogP contribution is -2.32. The minimum absolute atomic E-state index is 0.0513. The molecule has 0 aliphatic carbocycles. The summed E-state index contributed by atoms with van der Waals surface area (Å²) in [5.41, 5.74) is 0. The molecule has 0 spiro atoms. The van der Waals surface area contributed by atoms with E-state index in [2.05, 4.69) is 25.9 Å². The summed E-state index contributed by atoms with van der Waals surface area (Å²) in [7, 11) is -2.38. The number of sulfonamides is 1. The smallest absolute Gasteiger partial charge is 0.258 e. The van der Waals surface area contributed by atoms with E-state index in [1.165, 1.54) is 18.2 Å². The molecule has 1 aliphatic heterocycles. The molecule has 1 aliphatic rings. The van der Waals surface area contributed by atoms with Crippen molar-refractivity contribution < 1.29 is 17.9 Å². The third-order valence-electron chi connectivity index (χ3n) is 2.70. The summed E-state index contributed by atoms with van der Waals surface area (Å²) in [5, 5.41) is 4.12. The lowest BCUT2D eigenvalue weighted by Gasteiger charge is -2.17. The van der Waals surface area contributed by atoms with E-state index in [0.29, 0.717) is 4.60 Å². The highest BCUT2D eigenvalue weighted by Crippen LogP contribution is 2.29. The topological polar surface area (TPSA) is 115 Å². The fourth-order valence-corrected chi connectivity index (χ4v) is 2.76. The molecule has 0 saturated carbocycles. The predicted molar refractivity (Wildman–Crippen MR) is 70.1 cm³/mol. The first-order valence-corrected chi connectivity index (χ1v) is 7.61. The summed E-state index contributed by atoms with van der Waals surface area (Å²) in [4.78, 5) is 21.1. The van der Waals surface area contributed by atoms with Crippen LogP contribution in [0.25, 0.3) is 0 Å². The van der Waals surface area contributed by atoms with Gasteiger partial charge in [0.2, 0.25) is 15.9 Å². The van der Waals surface area contributed by atoms with E-state index < -0.39 is 15.3 Å². The molecule has 2 N–H and O–H groups in total. The second-order valence-corrected chi connectivity index (χ2v) is 6.60. The molecule has 1 aromatic rings. The molecular formula is C9H11BrN4O4S. The minimum atomic E-state index is -3.76. The van der Waals surface area contributed by atoms with Gasteiger partial charge in [0.25, 0.3) is 5.88 Å². The number of amides is 1. The van der Waals surface area contributed by atoms with Crippen LogP contribution < -0.4 is 14.8 Å². The number of nitrogens with two attached hydrogens (primary N) is 1. The first-order valence-electron chi connectivity index (χ1n) is 5.21. The van der Waals surface area contributed by atoms with Gasteiger partial charge in [0.05, 0.1) is 13.3 Å². The molecule has 104 valence electrons. The van der Waals surface area contributed by atoms with Gasteiger partial charge < -0.3 is 4.74 Å². The van der Waals surface area contributed by atoms with Crippen molar-refractivity contribution in [3.63, 3.8) is 0 Å². The molecule has 2 rings (SSSR count). The van der Waals surface area contributed by atoms with E-state index in [0.717, 1.165) is 0 Å². The molecule has 1 fully saturated rings. The lowest BCUT2D eigenvalue weighted by atomic mass is 10.4. The van der Waals surface area contributed by atoms with Crippen molar-refractivity contribution >= 4 is 37.7 Å². The first-order chi connectivity index (χ1) is 8.82. The Morgan fingerprint density at radius 1 is 1.58 bits per heavy atom. The number of aromatic nitrogens is 2. The maximum absolute atomic E-state index is 11.9. The number of rotatable bonds is 3. The number of nitrogens with zero attached hydrogens (tertiary/aromatic N) is 3. The SMILES string of the molecule is COc1nc(Br)cnc1N1CC(S(N)(=O)=O)CC1=O. The van der Waals surface area contributed by atoms with Crippen LogP contribution in [0.2, 0.25) is 0 Å². The third kappa shape index (κ3) is 2.85. The van der Waals surface area contributed by atoms with Gasteiger partial charge in [0, 0.05) is 13.0 Å². The van der Waals surface area contributed by atoms with Gasteiger partial charge in [0.1, 0.15) is 9.85 Å². The van der Waals surface area contributed by atoms with Crippen LogP contribution >= 0.6 is 15.9 Å². The van der Waals surface area contributed by atoms with Crippen LogP contribution in [0, 0.1) is 0 Å². The summed E-state index contributed by atoms with van der Waals surface area (Å²) in [6.07, 6.45) is 1.23. The molecule has 1 unspecified atom stereocenters. The maximum atomic E-state index is 11.9. The van der Waals surface area contributed by atoms with Gasteiger partial charge >= 0.3 is 0 Å². The summed E-state index contributed by atoms with van der Waals surface area (Å²) in [6, 6.07) is 0. The Kier molecular flexibility index (Phi) is 3.74. The number of anilines is 1. The fourth-order valence-electron chi connectivity index (χ4n) is 1.77. The highest BCUT2D eigenvalue weighted by molar-refractivity contribution is 9.10. The van der Waals surface area contributed by atoms with Crippen LogP contribution in [0.5, 0.6) is 5.88 Å². The second kappa shape index (κ2) is 5.02. The average Bonchev–Trinajstić information content (AvgIpc) is 2.71. The minimum Gasteiger partial charge on any atom is -0.478 e. The van der Waals surface area contributed by atoms with Crippen LogP contribution in [-0.4, -0.2) is 43.2 Å². The van der Waals surface area contributed by atoms with Crippen LogP contribution in [0.1, 0.15) is 6.42 Å². The lowest BCUT2D eigenvalue weighted by molar-refractivity contribution is -0.117. The number of halogens is 1. The number of hydrogen-bond acceptors (Lipinski definition) is 6. The largest absolute Gasteiger partial charge is 0.478 e. The van der Waals surface area contributed by atoms with E-state index in [1.54, 1.807) is 0 Å². The number of methoxy groups -OCH3 is 1. The summed E-state index contributed by atoms with van der Waals surface area (Å²) in [5.74, 6) is -0.0615. The molecule has 1 saturated heterocycles. The van der Waals surface area contributed by atoms with Crippen LogP contribution in [0.4, 0.5) is 5.82 Å². The molecule has 10 heteroatoms. The van der Waals surface area contributed by atoms with Crippen molar-refractivity contribution in [1.29, 1.82) is 0 Å². The molecule has 8 nitrogen and oxygen atoms in total. The number of carbonyl (C=O) groups excluding carboxylic acids is 1. The van der Waals surface area contributed by atoms with E-state index in [1.807, 2.05) is 0 Å². The summed E-state index contributed by atoms with van der Waals surface area (Å²) >= 11 is 3.13. The number of hydrogen-bond donors (Lipinski definition) is 1. The van der Waals surface area contributed by atoms with Gasteiger partial charge in [-0.3, -0.25) is 9.69 Å². The summed E-state index contributed by atoms with van der Waals surface area (Å²) < 4.78 is 28.1. The normalized spacial score (nSPS) is 19.8. The van der Waals surface area contributed by atoms with Gasteiger partial charge in [-0.1, -0.05) is 0 Å². The van der Waals surface area contributed by atoms with Crippen molar-refractivity contribution in [3.8, 4) is 5.88 Å². The van der Waals surface area contributed by atoms with Crippen molar-refractivity contribution in [2.24, 2.45) is 5.14 Å². The van der Waals surface area contributed by atoms with Crippen molar-refractivity contribution in [1.82, 2.24) is 9.97 Å². The molecule has 0 bridgehead atoms. The van der Waals surface area contributed by atoms with Crippen molar-refractivity contribution in [2.75, 3.05) is 18.6 Å². The quantitative estimate of drug-likeness (QED) is 0.795. The molecular weight excluding hydrogens is 340 g/mol. The average molecular weight is 351 g/mol. The zero-order valence-electron chi connectivity index (χ0n) is 9.91. The zero-order valence-corrected chi connectivity index (χ0v) is 12.3. The van der Waals surface area contributed by atoms with Crippen molar-refractivity contribution in [2.45, 2.75) is 11.7 Å². The van der Waals surface area contributed by atoms with Crippen LogP contribution in [0.15, 0.2) is 10.8 Å². The maximum Gasteiger partial charge on any atom is 0.258 e. The second-order valence-electron chi connectivity index (χ2n) is 3.95. The fraction of sp³-hybridized carbons (Fsp3) is 0.444. The van der Waals surface area contributed by atoms with E-state index >= 15 is 0 Å². The molecule has 1 atom stereocenters. The monoisotopic (exact) mass is 350 g/mol.